The zero-order chi connectivity index (χ0) is 6.69. The number of aromatic nitrogens is 1. The Kier molecular flexibility index (Phi) is 3.70. The third-order valence-electron chi connectivity index (χ3n) is 0.908. The molecule has 0 aliphatic rings. The van der Waals surface area contributed by atoms with E-state index in [9.17, 15) is 4.79 Å². The van der Waals surface area contributed by atoms with Crippen LogP contribution in [0.4, 0.5) is 0 Å². The summed E-state index contributed by atoms with van der Waals surface area (Å²) in [5, 5.41) is 8.34. The van der Waals surface area contributed by atoms with Crippen molar-refractivity contribution in [1.29, 1.82) is 0 Å². The van der Waals surface area contributed by atoms with Gasteiger partial charge in [0, 0.05) is 29.8 Å². The Hall–Kier alpha value is -0.848. The van der Waals surface area contributed by atoms with Crippen LogP contribution in [-0.4, -0.2) is 33.4 Å². The van der Waals surface area contributed by atoms with Crippen LogP contribution in [0.5, 0.6) is 0 Å². The molecule has 0 saturated heterocycles. The van der Waals surface area contributed by atoms with Crippen LogP contribution in [0.25, 0.3) is 0 Å². The second kappa shape index (κ2) is 4.05. The smallest absolute Gasteiger partial charge is 0.337 e. The molecule has 0 saturated carbocycles. The number of carboxylic acid groups (broad SMARTS) is 1. The number of nitrogens with zero attached hydrogens (tertiary/aromatic N) is 1. The fourth-order valence-corrected chi connectivity index (χ4v) is 0.489. The molecule has 0 aliphatic carbocycles. The lowest BCUT2D eigenvalue weighted by Crippen LogP contribution is -1.94. The lowest BCUT2D eigenvalue weighted by molar-refractivity contribution is 0.0696. The molecule has 0 fully saturated rings. The molecule has 49 valence electrons. The highest BCUT2D eigenvalue weighted by molar-refractivity contribution is 5.86. The van der Waals surface area contributed by atoms with Crippen molar-refractivity contribution in [3.05, 3.63) is 30.1 Å². The van der Waals surface area contributed by atoms with Crippen LogP contribution in [0.1, 0.15) is 10.4 Å². The van der Waals surface area contributed by atoms with Crippen LogP contribution >= 0.6 is 0 Å². The van der Waals surface area contributed by atoms with Gasteiger partial charge in [0.2, 0.25) is 0 Å². The molecule has 1 rings (SSSR count). The first kappa shape index (κ1) is 9.15. The van der Waals surface area contributed by atoms with Crippen molar-refractivity contribution in [3.63, 3.8) is 0 Å². The summed E-state index contributed by atoms with van der Waals surface area (Å²) in [6.45, 7) is 0. The molecule has 1 heterocycles. The Labute approximate surface area is 68.8 Å². The van der Waals surface area contributed by atoms with E-state index >= 15 is 0 Å². The van der Waals surface area contributed by atoms with Crippen molar-refractivity contribution < 1.29 is 9.90 Å². The fourth-order valence-electron chi connectivity index (χ4n) is 0.489. The third-order valence-corrected chi connectivity index (χ3v) is 0.908. The van der Waals surface area contributed by atoms with Crippen LogP contribution in [0, 0.1) is 0 Å². The van der Waals surface area contributed by atoms with E-state index in [1.54, 1.807) is 6.07 Å². The topological polar surface area (TPSA) is 50.2 Å². The predicted molar refractivity (Wildman–Crippen MR) is 37.0 cm³/mol. The first-order valence-corrected chi connectivity index (χ1v) is 2.44. The summed E-state index contributed by atoms with van der Waals surface area (Å²) in [6, 6.07) is 3.08. The summed E-state index contributed by atoms with van der Waals surface area (Å²) in [4.78, 5) is 13.8. The zero-order valence-corrected chi connectivity index (χ0v) is 6.34. The number of hydrogen-bond donors (Lipinski definition) is 1. The maximum absolute atomic E-state index is 10.2. The van der Waals surface area contributed by atoms with Crippen LogP contribution in [0.3, 0.4) is 0 Å². The van der Waals surface area contributed by atoms with Gasteiger partial charge in [0.05, 0.1) is 5.56 Å². The van der Waals surface area contributed by atoms with Gasteiger partial charge in [-0.3, -0.25) is 4.98 Å². The highest BCUT2D eigenvalue weighted by atomic mass is 27.0. The lowest BCUT2D eigenvalue weighted by Gasteiger charge is -1.87. The standard InChI is InChI=1S/C6H5NO2.Al/c8-6(9)5-2-1-3-7-4-5;/h1-4H,(H,8,9);. The molecule has 0 aromatic carbocycles. The van der Waals surface area contributed by atoms with Crippen molar-refractivity contribution in [1.82, 2.24) is 4.98 Å². The molecule has 10 heavy (non-hydrogen) atoms. The Morgan fingerprint density at radius 3 is 2.60 bits per heavy atom. The minimum absolute atomic E-state index is 0. The fraction of sp³-hybridized carbons (Fsp3) is 0. The average Bonchev–Trinajstić information content (AvgIpc) is 1.90. The molecule has 1 aromatic heterocycles. The number of carbonyl (C=O) groups is 1. The van der Waals surface area contributed by atoms with Crippen molar-refractivity contribution in [2.75, 3.05) is 0 Å². The summed E-state index contributed by atoms with van der Waals surface area (Å²) in [5.41, 5.74) is 0.220. The number of pyridine rings is 1. The van der Waals surface area contributed by atoms with E-state index in [-0.39, 0.29) is 22.9 Å². The second-order valence-corrected chi connectivity index (χ2v) is 1.55. The SMILES string of the molecule is O=C(O)c1cccnc1.[Al]. The highest BCUT2D eigenvalue weighted by Crippen LogP contribution is 1.92. The molecule has 0 unspecified atom stereocenters. The zero-order valence-electron chi connectivity index (χ0n) is 5.19. The molecule has 3 radical (unpaired) electrons. The normalized spacial score (nSPS) is 8.00. The minimum Gasteiger partial charge on any atom is -0.478 e. The second-order valence-electron chi connectivity index (χ2n) is 1.55. The van der Waals surface area contributed by atoms with Crippen LogP contribution in [0.2, 0.25) is 0 Å². The molecule has 1 aromatic rings. The highest BCUT2D eigenvalue weighted by Gasteiger charge is 1.97. The average molecular weight is 150 g/mol. The molecule has 0 spiro atoms. The van der Waals surface area contributed by atoms with E-state index in [2.05, 4.69) is 4.98 Å². The molecule has 0 atom stereocenters. The van der Waals surface area contributed by atoms with E-state index < -0.39 is 5.97 Å². The van der Waals surface area contributed by atoms with Gasteiger partial charge in [0.15, 0.2) is 0 Å². The first-order valence-electron chi connectivity index (χ1n) is 2.44. The van der Waals surface area contributed by atoms with E-state index in [1.807, 2.05) is 0 Å². The van der Waals surface area contributed by atoms with Crippen molar-refractivity contribution >= 4 is 23.3 Å². The lowest BCUT2D eigenvalue weighted by atomic mass is 10.3. The molecular formula is C6H5AlNO2. The maximum atomic E-state index is 10.2. The summed E-state index contributed by atoms with van der Waals surface area (Å²) in [7, 11) is 0. The molecular weight excluding hydrogens is 145 g/mol. The van der Waals surface area contributed by atoms with Crippen LogP contribution in [-0.2, 0) is 0 Å². The third kappa shape index (κ3) is 2.18. The largest absolute Gasteiger partial charge is 0.478 e. The Bertz CT molecular complexity index is 212. The Morgan fingerprint density at radius 1 is 1.60 bits per heavy atom. The van der Waals surface area contributed by atoms with E-state index in [0.29, 0.717) is 0 Å². The van der Waals surface area contributed by atoms with Crippen molar-refractivity contribution in [2.45, 2.75) is 0 Å². The summed E-state index contributed by atoms with van der Waals surface area (Å²) in [5.74, 6) is -0.942. The van der Waals surface area contributed by atoms with E-state index in [1.165, 1.54) is 18.5 Å². The molecule has 4 heteroatoms. The van der Waals surface area contributed by atoms with E-state index in [0.717, 1.165) is 0 Å². The van der Waals surface area contributed by atoms with Crippen molar-refractivity contribution in [3.8, 4) is 0 Å². The molecule has 0 bridgehead atoms. The number of rotatable bonds is 1. The van der Waals surface area contributed by atoms with Crippen molar-refractivity contribution in [2.24, 2.45) is 0 Å². The Balaban J connectivity index is 0.000000810. The van der Waals surface area contributed by atoms with Gasteiger partial charge in [-0.25, -0.2) is 4.79 Å². The quantitative estimate of drug-likeness (QED) is 0.589. The molecule has 1 N–H and O–H groups in total. The molecule has 3 nitrogen and oxygen atoms in total. The van der Waals surface area contributed by atoms with Gasteiger partial charge >= 0.3 is 5.97 Å². The Morgan fingerprint density at radius 2 is 2.30 bits per heavy atom. The van der Waals surface area contributed by atoms with Gasteiger partial charge in [-0.2, -0.15) is 0 Å². The predicted octanol–water partition coefficient (Wildman–Crippen LogP) is 0.399. The number of hydrogen-bond acceptors (Lipinski definition) is 2. The van der Waals surface area contributed by atoms with Crippen LogP contribution in [0.15, 0.2) is 24.5 Å². The van der Waals surface area contributed by atoms with Gasteiger partial charge in [-0.1, -0.05) is 0 Å². The summed E-state index contributed by atoms with van der Waals surface area (Å²) in [6.07, 6.45) is 2.84. The minimum atomic E-state index is -0.942. The monoisotopic (exact) mass is 150 g/mol. The van der Waals surface area contributed by atoms with Gasteiger partial charge in [-0.05, 0) is 12.1 Å². The first-order chi connectivity index (χ1) is 4.30. The number of carboxylic acids is 1. The molecule has 0 aliphatic heterocycles. The van der Waals surface area contributed by atoms with Crippen LogP contribution < -0.4 is 0 Å². The van der Waals surface area contributed by atoms with Gasteiger partial charge in [-0.15, -0.1) is 0 Å². The van der Waals surface area contributed by atoms with E-state index in [4.69, 9.17) is 5.11 Å². The van der Waals surface area contributed by atoms with Gasteiger partial charge in [0.25, 0.3) is 0 Å². The van der Waals surface area contributed by atoms with Gasteiger partial charge in [0.1, 0.15) is 0 Å². The maximum Gasteiger partial charge on any atom is 0.337 e. The molecule has 0 amide bonds. The summed E-state index contributed by atoms with van der Waals surface area (Å²) >= 11 is 0. The van der Waals surface area contributed by atoms with Gasteiger partial charge < -0.3 is 5.11 Å². The summed E-state index contributed by atoms with van der Waals surface area (Å²) < 4.78 is 0. The number of aromatic carboxylic acids is 1.